The average Bonchev–Trinajstić information content (AvgIpc) is 2.91. The highest BCUT2D eigenvalue weighted by Gasteiger charge is 2.61. The van der Waals surface area contributed by atoms with Gasteiger partial charge < -0.3 is 11.1 Å². The molecule has 0 spiro atoms. The molecule has 1 amide bonds. The minimum Gasteiger partial charge on any atom is -0.353 e. The molecule has 0 saturated heterocycles. The lowest BCUT2D eigenvalue weighted by molar-refractivity contribution is -0.124. The maximum Gasteiger partial charge on any atom is 0.222 e. The van der Waals surface area contributed by atoms with Gasteiger partial charge in [0, 0.05) is 18.0 Å². The molecule has 0 aromatic rings. The number of nitrogens with one attached hydrogen (secondary N) is 1. The molecule has 0 radical (unpaired) electrons. The second kappa shape index (κ2) is 4.46. The van der Waals surface area contributed by atoms with E-state index in [1.165, 1.54) is 25.7 Å². The molecule has 0 heterocycles. The second-order valence-corrected chi connectivity index (χ2v) is 8.48. The molecular weight excluding hydrogens is 248 g/mol. The molecule has 0 aromatic heterocycles. The minimum absolute atomic E-state index is 0.184. The molecule has 3 aliphatic carbocycles. The summed E-state index contributed by atoms with van der Waals surface area (Å²) in [7, 11) is 0. The van der Waals surface area contributed by atoms with Crippen molar-refractivity contribution in [2.45, 2.75) is 83.7 Å². The van der Waals surface area contributed by atoms with E-state index in [1.807, 2.05) is 0 Å². The maximum absolute atomic E-state index is 12.4. The first-order valence-corrected chi connectivity index (χ1v) is 8.35. The fraction of sp³-hybridized carbons (Fsp3) is 0.941. The molecule has 20 heavy (non-hydrogen) atoms. The predicted octanol–water partition coefficient (Wildman–Crippen LogP) is 2.98. The number of carbonyl (C=O) groups excluding carboxylic acids is 1. The fourth-order valence-electron chi connectivity index (χ4n) is 5.24. The van der Waals surface area contributed by atoms with Gasteiger partial charge in [-0.25, -0.2) is 0 Å². The first-order chi connectivity index (χ1) is 9.27. The second-order valence-electron chi connectivity index (χ2n) is 8.48. The van der Waals surface area contributed by atoms with E-state index in [9.17, 15) is 4.79 Å². The standard InChI is InChI=1S/C17H30N2O/c1-15(2)12-6-9-16(15,3)13(10-12)19-14(20)11-17(18)7-4-5-8-17/h12-13H,4-11,18H2,1-3H3,(H,19,20). The molecule has 3 nitrogen and oxygen atoms in total. The lowest BCUT2D eigenvalue weighted by Gasteiger charge is -2.39. The molecule has 0 aliphatic heterocycles. The van der Waals surface area contributed by atoms with Crippen LogP contribution in [0.4, 0.5) is 0 Å². The van der Waals surface area contributed by atoms with Crippen LogP contribution in [0.25, 0.3) is 0 Å². The van der Waals surface area contributed by atoms with Crippen molar-refractivity contribution in [3.63, 3.8) is 0 Å². The zero-order valence-corrected chi connectivity index (χ0v) is 13.3. The summed E-state index contributed by atoms with van der Waals surface area (Å²) >= 11 is 0. The van der Waals surface area contributed by atoms with Crippen LogP contribution in [0.1, 0.15) is 72.1 Å². The van der Waals surface area contributed by atoms with Gasteiger partial charge in [0.15, 0.2) is 0 Å². The van der Waals surface area contributed by atoms with Crippen molar-refractivity contribution < 1.29 is 4.79 Å². The molecule has 2 bridgehead atoms. The van der Waals surface area contributed by atoms with E-state index in [4.69, 9.17) is 5.73 Å². The van der Waals surface area contributed by atoms with Gasteiger partial charge in [0.2, 0.25) is 5.91 Å². The van der Waals surface area contributed by atoms with Crippen molar-refractivity contribution in [1.82, 2.24) is 5.32 Å². The fourth-order valence-corrected chi connectivity index (χ4v) is 5.24. The molecule has 3 N–H and O–H groups in total. The highest BCUT2D eigenvalue weighted by Crippen LogP contribution is 2.65. The van der Waals surface area contributed by atoms with Gasteiger partial charge in [-0.1, -0.05) is 33.6 Å². The number of rotatable bonds is 3. The molecule has 3 atom stereocenters. The van der Waals surface area contributed by atoms with Crippen LogP contribution in [0.5, 0.6) is 0 Å². The van der Waals surface area contributed by atoms with Gasteiger partial charge in [-0.15, -0.1) is 0 Å². The van der Waals surface area contributed by atoms with Gasteiger partial charge in [-0.05, 0) is 48.9 Å². The Balaban J connectivity index is 1.63. The normalized spacial score (nSPS) is 41.0. The third-order valence-electron chi connectivity index (χ3n) is 7.24. The van der Waals surface area contributed by atoms with Crippen LogP contribution in [0.15, 0.2) is 0 Å². The van der Waals surface area contributed by atoms with Crippen LogP contribution < -0.4 is 11.1 Å². The Morgan fingerprint density at radius 1 is 1.20 bits per heavy atom. The van der Waals surface area contributed by atoms with Crippen molar-refractivity contribution >= 4 is 5.91 Å². The SMILES string of the molecule is CC1(C)C2CCC1(C)C(NC(=O)CC1(N)CCCC1)C2. The quantitative estimate of drug-likeness (QED) is 0.834. The molecule has 3 unspecified atom stereocenters. The predicted molar refractivity (Wildman–Crippen MR) is 81.2 cm³/mol. The third-order valence-corrected chi connectivity index (χ3v) is 7.24. The summed E-state index contributed by atoms with van der Waals surface area (Å²) in [6.45, 7) is 7.15. The Kier molecular flexibility index (Phi) is 3.20. The van der Waals surface area contributed by atoms with E-state index in [2.05, 4.69) is 26.1 Å². The Morgan fingerprint density at radius 2 is 1.85 bits per heavy atom. The van der Waals surface area contributed by atoms with Gasteiger partial charge in [0.05, 0.1) is 0 Å². The largest absolute Gasteiger partial charge is 0.353 e. The van der Waals surface area contributed by atoms with Crippen LogP contribution in [0, 0.1) is 16.7 Å². The summed E-state index contributed by atoms with van der Waals surface area (Å²) in [6.07, 6.45) is 8.64. The molecule has 0 aromatic carbocycles. The summed E-state index contributed by atoms with van der Waals surface area (Å²) in [5, 5.41) is 3.34. The first kappa shape index (κ1) is 14.4. The van der Waals surface area contributed by atoms with Crippen LogP contribution in [0.3, 0.4) is 0 Å². The summed E-state index contributed by atoms with van der Waals surface area (Å²) in [5.74, 6) is 0.958. The Bertz CT molecular complexity index is 411. The van der Waals surface area contributed by atoms with Crippen LogP contribution >= 0.6 is 0 Å². The molecule has 3 aliphatic rings. The van der Waals surface area contributed by atoms with Crippen molar-refractivity contribution in [1.29, 1.82) is 0 Å². The molecule has 3 heteroatoms. The zero-order chi connectivity index (χ0) is 14.6. The Hall–Kier alpha value is -0.570. The van der Waals surface area contributed by atoms with Crippen molar-refractivity contribution in [2.75, 3.05) is 0 Å². The summed E-state index contributed by atoms with van der Waals surface area (Å²) < 4.78 is 0. The van der Waals surface area contributed by atoms with Crippen LogP contribution in [0.2, 0.25) is 0 Å². The average molecular weight is 278 g/mol. The van der Waals surface area contributed by atoms with E-state index < -0.39 is 0 Å². The third kappa shape index (κ3) is 2.01. The number of carbonyl (C=O) groups is 1. The van der Waals surface area contributed by atoms with Gasteiger partial charge >= 0.3 is 0 Å². The zero-order valence-electron chi connectivity index (χ0n) is 13.3. The van der Waals surface area contributed by atoms with E-state index in [0.717, 1.165) is 25.2 Å². The van der Waals surface area contributed by atoms with Gasteiger partial charge in [0.1, 0.15) is 0 Å². The van der Waals surface area contributed by atoms with E-state index in [-0.39, 0.29) is 16.9 Å². The van der Waals surface area contributed by atoms with Gasteiger partial charge in [-0.3, -0.25) is 4.79 Å². The minimum atomic E-state index is -0.224. The topological polar surface area (TPSA) is 55.1 Å². The lowest BCUT2D eigenvalue weighted by atomic mass is 9.69. The molecule has 3 rings (SSSR count). The van der Waals surface area contributed by atoms with Gasteiger partial charge in [0.25, 0.3) is 0 Å². The Labute approximate surface area is 123 Å². The summed E-state index contributed by atoms with van der Waals surface area (Å²) in [5.41, 5.74) is 6.74. The molecule has 114 valence electrons. The van der Waals surface area contributed by atoms with E-state index in [0.29, 0.717) is 17.9 Å². The number of hydrogen-bond donors (Lipinski definition) is 2. The number of hydrogen-bond acceptors (Lipinski definition) is 2. The van der Waals surface area contributed by atoms with E-state index in [1.54, 1.807) is 0 Å². The molecular formula is C17H30N2O. The van der Waals surface area contributed by atoms with Crippen molar-refractivity contribution in [2.24, 2.45) is 22.5 Å². The highest BCUT2D eigenvalue weighted by molar-refractivity contribution is 5.77. The Morgan fingerprint density at radius 3 is 2.35 bits per heavy atom. The summed E-state index contributed by atoms with van der Waals surface area (Å²) in [6, 6.07) is 0.355. The van der Waals surface area contributed by atoms with E-state index >= 15 is 0 Å². The lowest BCUT2D eigenvalue weighted by Crippen LogP contribution is -2.50. The van der Waals surface area contributed by atoms with Crippen LogP contribution in [-0.2, 0) is 4.79 Å². The number of fused-ring (bicyclic) bond motifs is 2. The monoisotopic (exact) mass is 278 g/mol. The van der Waals surface area contributed by atoms with Crippen LogP contribution in [-0.4, -0.2) is 17.5 Å². The van der Waals surface area contributed by atoms with Crippen molar-refractivity contribution in [3.8, 4) is 0 Å². The first-order valence-electron chi connectivity index (χ1n) is 8.35. The smallest absolute Gasteiger partial charge is 0.222 e. The highest BCUT2D eigenvalue weighted by atomic mass is 16.1. The number of nitrogens with two attached hydrogens (primary N) is 1. The molecule has 3 saturated carbocycles. The van der Waals surface area contributed by atoms with Crippen molar-refractivity contribution in [3.05, 3.63) is 0 Å². The molecule has 3 fully saturated rings. The number of amides is 1. The summed E-state index contributed by atoms with van der Waals surface area (Å²) in [4.78, 5) is 12.4. The van der Waals surface area contributed by atoms with Gasteiger partial charge in [-0.2, -0.15) is 0 Å². The maximum atomic E-state index is 12.4.